The molecule has 0 spiro atoms. The van der Waals surface area contributed by atoms with E-state index in [0.29, 0.717) is 16.5 Å². The Morgan fingerprint density at radius 2 is 1.85 bits per heavy atom. The summed E-state index contributed by atoms with van der Waals surface area (Å²) in [6.45, 7) is 3.96. The Labute approximate surface area is 164 Å². The van der Waals surface area contributed by atoms with Crippen molar-refractivity contribution >= 4 is 32.7 Å². The zero-order valence-corrected chi connectivity index (χ0v) is 16.6. The Bertz CT molecular complexity index is 1030. The Balaban J connectivity index is 1.75. The summed E-state index contributed by atoms with van der Waals surface area (Å²) in [7, 11) is 0. The van der Waals surface area contributed by atoms with Crippen molar-refractivity contribution in [1.82, 2.24) is 9.78 Å². The summed E-state index contributed by atoms with van der Waals surface area (Å²) >= 11 is 3.37. The Morgan fingerprint density at radius 1 is 1.11 bits per heavy atom. The number of halogens is 1. The van der Waals surface area contributed by atoms with E-state index in [2.05, 4.69) is 21.0 Å². The number of ether oxygens (including phenoxy) is 2. The van der Waals surface area contributed by atoms with Crippen molar-refractivity contribution < 1.29 is 14.3 Å². The van der Waals surface area contributed by atoms with Gasteiger partial charge in [-0.1, -0.05) is 40.2 Å². The number of aromatic nitrogens is 2. The minimum Gasteiger partial charge on any atom is -0.490 e. The maximum absolute atomic E-state index is 12.5. The van der Waals surface area contributed by atoms with Crippen LogP contribution in [0.2, 0.25) is 0 Å². The molecule has 140 valence electrons. The first kappa shape index (κ1) is 19.1. The van der Waals surface area contributed by atoms with E-state index in [1.165, 1.54) is 4.68 Å². The molecule has 2 aromatic carbocycles. The van der Waals surface area contributed by atoms with Crippen molar-refractivity contribution in [2.75, 3.05) is 13.2 Å². The predicted molar refractivity (Wildman–Crippen MR) is 106 cm³/mol. The van der Waals surface area contributed by atoms with Crippen molar-refractivity contribution in [3.63, 3.8) is 0 Å². The van der Waals surface area contributed by atoms with Crippen molar-refractivity contribution in [3.8, 4) is 5.75 Å². The van der Waals surface area contributed by atoms with E-state index >= 15 is 0 Å². The first-order chi connectivity index (χ1) is 13.0. The fraction of sp³-hybridized carbons (Fsp3) is 0.250. The molecule has 3 aromatic rings. The number of hydrogen-bond donors (Lipinski definition) is 0. The Kier molecular flexibility index (Phi) is 5.91. The normalized spacial score (nSPS) is 11.0. The fourth-order valence-electron chi connectivity index (χ4n) is 2.63. The molecule has 0 aliphatic carbocycles. The Hall–Kier alpha value is -2.67. The van der Waals surface area contributed by atoms with Crippen LogP contribution in [0.3, 0.4) is 0 Å². The number of rotatable bonds is 6. The van der Waals surface area contributed by atoms with Crippen LogP contribution in [0.15, 0.2) is 57.8 Å². The van der Waals surface area contributed by atoms with Gasteiger partial charge in [0.15, 0.2) is 5.69 Å². The molecule has 0 fully saturated rings. The topological polar surface area (TPSA) is 70.4 Å². The molecule has 0 aliphatic heterocycles. The van der Waals surface area contributed by atoms with Gasteiger partial charge in [0.05, 0.1) is 11.4 Å². The molecule has 0 bridgehead atoms. The molecule has 0 saturated heterocycles. The van der Waals surface area contributed by atoms with E-state index in [-0.39, 0.29) is 30.5 Å². The third kappa shape index (κ3) is 4.36. The number of hydrogen-bond acceptors (Lipinski definition) is 5. The van der Waals surface area contributed by atoms with Gasteiger partial charge in [0, 0.05) is 9.86 Å². The number of esters is 1. The number of benzene rings is 2. The summed E-state index contributed by atoms with van der Waals surface area (Å²) in [5, 5.41) is 5.16. The second kappa shape index (κ2) is 8.35. The number of nitrogens with zero attached hydrogens (tertiary/aromatic N) is 2. The molecule has 7 heteroatoms. The first-order valence-corrected chi connectivity index (χ1v) is 9.33. The van der Waals surface area contributed by atoms with Gasteiger partial charge in [-0.3, -0.25) is 4.79 Å². The summed E-state index contributed by atoms with van der Waals surface area (Å²) in [6, 6.07) is 14.1. The third-order valence-electron chi connectivity index (χ3n) is 3.89. The molecular formula is C20H19BrN2O4. The molecule has 0 atom stereocenters. The van der Waals surface area contributed by atoms with Crippen LogP contribution in [0.1, 0.15) is 30.4 Å². The van der Waals surface area contributed by atoms with E-state index in [9.17, 15) is 9.59 Å². The van der Waals surface area contributed by atoms with E-state index in [1.54, 1.807) is 24.3 Å². The predicted octanol–water partition coefficient (Wildman–Crippen LogP) is 3.98. The van der Waals surface area contributed by atoms with Crippen LogP contribution < -0.4 is 10.3 Å². The average Bonchev–Trinajstić information content (AvgIpc) is 2.65. The fourth-order valence-corrected chi connectivity index (χ4v) is 3.00. The molecule has 0 unspecified atom stereocenters. The quantitative estimate of drug-likeness (QED) is 0.436. The maximum Gasteiger partial charge on any atom is 0.359 e. The van der Waals surface area contributed by atoms with Gasteiger partial charge in [-0.15, -0.1) is 0 Å². The van der Waals surface area contributed by atoms with E-state index in [4.69, 9.17) is 9.47 Å². The standard InChI is InChI=1S/C20H19BrN2O4/c1-13(2)23-19(24)17-9-4-3-8-16(17)18(22-23)20(25)27-11-10-26-15-7-5-6-14(21)12-15/h3-9,12-13H,10-11H2,1-2H3. The van der Waals surface area contributed by atoms with Gasteiger partial charge < -0.3 is 9.47 Å². The first-order valence-electron chi connectivity index (χ1n) is 8.54. The highest BCUT2D eigenvalue weighted by Crippen LogP contribution is 2.18. The van der Waals surface area contributed by atoms with Crippen molar-refractivity contribution in [2.45, 2.75) is 19.9 Å². The summed E-state index contributed by atoms with van der Waals surface area (Å²) in [5.74, 6) is 0.0933. The lowest BCUT2D eigenvalue weighted by Gasteiger charge is -2.13. The van der Waals surface area contributed by atoms with Crippen LogP contribution in [-0.4, -0.2) is 29.0 Å². The van der Waals surface area contributed by atoms with Gasteiger partial charge in [-0.2, -0.15) is 5.10 Å². The third-order valence-corrected chi connectivity index (χ3v) is 4.39. The monoisotopic (exact) mass is 430 g/mol. The highest BCUT2D eigenvalue weighted by atomic mass is 79.9. The van der Waals surface area contributed by atoms with Gasteiger partial charge in [-0.05, 0) is 38.1 Å². The Morgan fingerprint density at radius 3 is 2.56 bits per heavy atom. The van der Waals surface area contributed by atoms with E-state index in [0.717, 1.165) is 4.47 Å². The molecule has 0 saturated carbocycles. The summed E-state index contributed by atoms with van der Waals surface area (Å²) in [5.41, 5.74) is -0.100. The lowest BCUT2D eigenvalue weighted by molar-refractivity contribution is 0.0443. The molecule has 6 nitrogen and oxygen atoms in total. The van der Waals surface area contributed by atoms with Crippen LogP contribution >= 0.6 is 15.9 Å². The van der Waals surface area contributed by atoms with Crippen molar-refractivity contribution in [1.29, 1.82) is 0 Å². The number of carbonyl (C=O) groups is 1. The highest BCUT2D eigenvalue weighted by Gasteiger charge is 2.18. The lowest BCUT2D eigenvalue weighted by Crippen LogP contribution is -2.28. The average molecular weight is 431 g/mol. The second-order valence-electron chi connectivity index (χ2n) is 6.18. The van der Waals surface area contributed by atoms with Crippen LogP contribution in [-0.2, 0) is 4.74 Å². The van der Waals surface area contributed by atoms with Crippen molar-refractivity contribution in [2.24, 2.45) is 0 Å². The zero-order chi connectivity index (χ0) is 19.4. The van der Waals surface area contributed by atoms with Crippen LogP contribution in [0, 0.1) is 0 Å². The zero-order valence-electron chi connectivity index (χ0n) is 15.0. The molecule has 3 rings (SSSR count). The minimum absolute atomic E-state index is 0.0716. The second-order valence-corrected chi connectivity index (χ2v) is 7.10. The lowest BCUT2D eigenvalue weighted by atomic mass is 10.1. The van der Waals surface area contributed by atoms with Gasteiger partial charge >= 0.3 is 5.97 Å². The minimum atomic E-state index is -0.585. The van der Waals surface area contributed by atoms with Crippen LogP contribution in [0.4, 0.5) is 0 Å². The number of fused-ring (bicyclic) bond motifs is 1. The van der Waals surface area contributed by atoms with Gasteiger partial charge in [0.25, 0.3) is 5.56 Å². The molecule has 27 heavy (non-hydrogen) atoms. The number of carbonyl (C=O) groups excluding carboxylic acids is 1. The van der Waals surface area contributed by atoms with Gasteiger partial charge in [0.2, 0.25) is 0 Å². The largest absolute Gasteiger partial charge is 0.490 e. The van der Waals surface area contributed by atoms with Crippen molar-refractivity contribution in [3.05, 3.63) is 69.1 Å². The summed E-state index contributed by atoms with van der Waals surface area (Å²) in [4.78, 5) is 25.1. The maximum atomic E-state index is 12.5. The molecule has 1 aromatic heterocycles. The molecule has 0 N–H and O–H groups in total. The molecular weight excluding hydrogens is 412 g/mol. The SMILES string of the molecule is CC(C)n1nc(C(=O)OCCOc2cccc(Br)c2)c2ccccc2c1=O. The van der Waals surface area contributed by atoms with Crippen LogP contribution in [0.5, 0.6) is 5.75 Å². The summed E-state index contributed by atoms with van der Waals surface area (Å²) < 4.78 is 13.1. The summed E-state index contributed by atoms with van der Waals surface area (Å²) in [6.07, 6.45) is 0. The van der Waals surface area contributed by atoms with Gasteiger partial charge in [-0.25, -0.2) is 9.48 Å². The molecule has 0 amide bonds. The van der Waals surface area contributed by atoms with Crippen LogP contribution in [0.25, 0.3) is 10.8 Å². The highest BCUT2D eigenvalue weighted by molar-refractivity contribution is 9.10. The van der Waals surface area contributed by atoms with Gasteiger partial charge in [0.1, 0.15) is 19.0 Å². The molecule has 0 radical (unpaired) electrons. The molecule has 1 heterocycles. The van der Waals surface area contributed by atoms with E-state index < -0.39 is 5.97 Å². The van der Waals surface area contributed by atoms with E-state index in [1.807, 2.05) is 38.1 Å². The molecule has 0 aliphatic rings. The smallest absolute Gasteiger partial charge is 0.359 e.